The summed E-state index contributed by atoms with van der Waals surface area (Å²) in [7, 11) is 1.68. The van der Waals surface area contributed by atoms with Gasteiger partial charge >= 0.3 is 0 Å². The number of methoxy groups -OCH3 is 1. The first kappa shape index (κ1) is 16.8. The van der Waals surface area contributed by atoms with Crippen molar-refractivity contribution in [2.24, 2.45) is 0 Å². The second-order valence-corrected chi connectivity index (χ2v) is 6.73. The number of H-pyrrole nitrogens is 1. The normalized spacial score (nSPS) is 16.6. The second kappa shape index (κ2) is 7.26. The zero-order valence-electron chi connectivity index (χ0n) is 13.8. The Hall–Kier alpha value is -2.01. The van der Waals surface area contributed by atoms with Crippen molar-refractivity contribution >= 4 is 17.3 Å². The average molecular weight is 348 g/mol. The van der Waals surface area contributed by atoms with E-state index < -0.39 is 0 Å². The predicted molar refractivity (Wildman–Crippen MR) is 96.1 cm³/mol. The Morgan fingerprint density at radius 3 is 2.62 bits per heavy atom. The molecule has 0 saturated heterocycles. The molecule has 0 radical (unpaired) electrons. The quantitative estimate of drug-likeness (QED) is 0.864. The van der Waals surface area contributed by atoms with Crippen LogP contribution in [0.2, 0.25) is 5.02 Å². The number of ether oxygens (including phenoxy) is 1. The van der Waals surface area contributed by atoms with Gasteiger partial charge in [0.25, 0.3) is 5.56 Å². The van der Waals surface area contributed by atoms with E-state index in [0.29, 0.717) is 5.69 Å². The van der Waals surface area contributed by atoms with Gasteiger partial charge in [-0.2, -0.15) is 5.10 Å². The first-order valence-electron chi connectivity index (χ1n) is 8.26. The summed E-state index contributed by atoms with van der Waals surface area (Å²) in [6.45, 7) is 0.726. The van der Waals surface area contributed by atoms with E-state index in [1.807, 2.05) is 12.1 Å². The highest BCUT2D eigenvalue weighted by Gasteiger charge is 2.34. The Balaban J connectivity index is 1.85. The van der Waals surface area contributed by atoms with Crippen molar-refractivity contribution in [1.29, 1.82) is 0 Å². The lowest BCUT2D eigenvalue weighted by Gasteiger charge is -2.38. The summed E-state index contributed by atoms with van der Waals surface area (Å²) in [5.74, 6) is 0.861. The van der Waals surface area contributed by atoms with Gasteiger partial charge in [-0.1, -0.05) is 43.0 Å². The molecular weight excluding hydrogens is 326 g/mol. The lowest BCUT2D eigenvalue weighted by atomic mass is 9.69. The monoisotopic (exact) mass is 347 g/mol. The second-order valence-electron chi connectivity index (χ2n) is 6.35. The lowest BCUT2D eigenvalue weighted by Crippen LogP contribution is -2.36. The van der Waals surface area contributed by atoms with Gasteiger partial charge in [-0.3, -0.25) is 4.79 Å². The summed E-state index contributed by atoms with van der Waals surface area (Å²) >= 11 is 6.08. The van der Waals surface area contributed by atoms with Crippen LogP contribution in [0.1, 0.15) is 37.7 Å². The average Bonchev–Trinajstić information content (AvgIpc) is 2.64. The molecular formula is C18H22ClN3O2. The molecule has 1 heterocycles. The van der Waals surface area contributed by atoms with E-state index >= 15 is 0 Å². The van der Waals surface area contributed by atoms with Gasteiger partial charge in [0.05, 0.1) is 19.0 Å². The number of benzene rings is 1. The van der Waals surface area contributed by atoms with Crippen molar-refractivity contribution in [2.45, 2.75) is 37.5 Å². The van der Waals surface area contributed by atoms with Gasteiger partial charge in [0, 0.05) is 12.0 Å². The molecule has 0 atom stereocenters. The number of anilines is 1. The third-order valence-corrected chi connectivity index (χ3v) is 5.30. The van der Waals surface area contributed by atoms with Crippen LogP contribution < -0.4 is 15.6 Å². The minimum absolute atomic E-state index is 0.0381. The molecule has 1 aromatic heterocycles. The predicted octanol–water partition coefficient (Wildman–Crippen LogP) is 3.75. The largest absolute Gasteiger partial charge is 0.497 e. The molecule has 1 aliphatic rings. The maximum absolute atomic E-state index is 11.6. The van der Waals surface area contributed by atoms with Crippen LogP contribution in [0, 0.1) is 0 Å². The molecule has 1 fully saturated rings. The summed E-state index contributed by atoms with van der Waals surface area (Å²) in [5, 5.41) is 9.67. The van der Waals surface area contributed by atoms with Gasteiger partial charge < -0.3 is 10.1 Å². The minimum Gasteiger partial charge on any atom is -0.497 e. The van der Waals surface area contributed by atoms with Crippen molar-refractivity contribution in [3.05, 3.63) is 51.4 Å². The van der Waals surface area contributed by atoms with E-state index in [9.17, 15) is 4.79 Å². The Kier molecular flexibility index (Phi) is 5.09. The van der Waals surface area contributed by atoms with E-state index in [1.165, 1.54) is 24.8 Å². The fourth-order valence-electron chi connectivity index (χ4n) is 3.51. The zero-order chi connectivity index (χ0) is 17.0. The van der Waals surface area contributed by atoms with Gasteiger partial charge in [0.15, 0.2) is 0 Å². The number of nitrogens with one attached hydrogen (secondary N) is 2. The number of aromatic nitrogens is 2. The number of nitrogens with zero attached hydrogens (tertiary/aromatic N) is 1. The first-order chi connectivity index (χ1) is 11.6. The standard InChI is InChI=1S/C18H22ClN3O2/c1-24-14-7-5-13(6-8-14)18(9-3-2-4-10-18)12-20-15-11-21-22-17(23)16(15)19/h5-8,11H,2-4,9-10,12H2,1H3,(H2,20,22,23). The summed E-state index contributed by atoms with van der Waals surface area (Å²) in [5.41, 5.74) is 1.54. The van der Waals surface area contributed by atoms with Gasteiger partial charge in [-0.05, 0) is 30.5 Å². The number of hydrogen-bond donors (Lipinski definition) is 2. The van der Waals surface area contributed by atoms with Crippen molar-refractivity contribution in [3.63, 3.8) is 0 Å². The molecule has 1 aromatic carbocycles. The van der Waals surface area contributed by atoms with E-state index in [0.717, 1.165) is 25.1 Å². The molecule has 2 N–H and O–H groups in total. The molecule has 0 amide bonds. The van der Waals surface area contributed by atoms with Gasteiger partial charge in [0.1, 0.15) is 10.8 Å². The number of rotatable bonds is 5. The van der Waals surface area contributed by atoms with E-state index in [-0.39, 0.29) is 16.0 Å². The highest BCUT2D eigenvalue weighted by Crippen LogP contribution is 2.40. The fraction of sp³-hybridized carbons (Fsp3) is 0.444. The topological polar surface area (TPSA) is 67.0 Å². The lowest BCUT2D eigenvalue weighted by molar-refractivity contribution is 0.307. The maximum Gasteiger partial charge on any atom is 0.285 e. The van der Waals surface area contributed by atoms with Crippen LogP contribution in [-0.2, 0) is 5.41 Å². The zero-order valence-corrected chi connectivity index (χ0v) is 14.5. The Morgan fingerprint density at radius 2 is 1.96 bits per heavy atom. The SMILES string of the molecule is COc1ccc(C2(CNc3cn[nH]c(=O)c3Cl)CCCCC2)cc1. The van der Waals surface area contributed by atoms with Crippen LogP contribution in [-0.4, -0.2) is 23.9 Å². The van der Waals surface area contributed by atoms with E-state index in [2.05, 4.69) is 27.6 Å². The van der Waals surface area contributed by atoms with Crippen LogP contribution in [0.25, 0.3) is 0 Å². The van der Waals surface area contributed by atoms with Crippen molar-refractivity contribution in [2.75, 3.05) is 19.0 Å². The smallest absolute Gasteiger partial charge is 0.285 e. The molecule has 5 nitrogen and oxygen atoms in total. The Bertz CT molecular complexity index is 737. The summed E-state index contributed by atoms with van der Waals surface area (Å²) in [4.78, 5) is 11.6. The maximum atomic E-state index is 11.6. The van der Waals surface area contributed by atoms with E-state index in [1.54, 1.807) is 13.3 Å². The Labute approximate surface area is 146 Å². The van der Waals surface area contributed by atoms with Crippen LogP contribution in [0.5, 0.6) is 5.75 Å². The van der Waals surface area contributed by atoms with Gasteiger partial charge in [-0.15, -0.1) is 0 Å². The molecule has 0 bridgehead atoms. The molecule has 0 aliphatic heterocycles. The molecule has 1 aliphatic carbocycles. The summed E-state index contributed by atoms with van der Waals surface area (Å²) in [6, 6.07) is 8.30. The fourth-order valence-corrected chi connectivity index (χ4v) is 3.67. The molecule has 0 spiro atoms. The molecule has 6 heteroatoms. The Morgan fingerprint density at radius 1 is 1.25 bits per heavy atom. The highest BCUT2D eigenvalue weighted by molar-refractivity contribution is 6.32. The van der Waals surface area contributed by atoms with Crippen LogP contribution in [0.3, 0.4) is 0 Å². The minimum atomic E-state index is -0.371. The third-order valence-electron chi connectivity index (χ3n) is 4.93. The molecule has 128 valence electrons. The summed E-state index contributed by atoms with van der Waals surface area (Å²) in [6.07, 6.45) is 7.46. The van der Waals surface area contributed by atoms with Crippen molar-refractivity contribution < 1.29 is 4.74 Å². The molecule has 3 rings (SSSR count). The highest BCUT2D eigenvalue weighted by atomic mass is 35.5. The molecule has 2 aromatic rings. The molecule has 0 unspecified atom stereocenters. The number of hydrogen-bond acceptors (Lipinski definition) is 4. The van der Waals surface area contributed by atoms with Crippen LogP contribution >= 0.6 is 11.6 Å². The number of halogens is 1. The number of aromatic amines is 1. The van der Waals surface area contributed by atoms with Crippen LogP contribution in [0.15, 0.2) is 35.3 Å². The van der Waals surface area contributed by atoms with Crippen molar-refractivity contribution in [1.82, 2.24) is 10.2 Å². The van der Waals surface area contributed by atoms with E-state index in [4.69, 9.17) is 16.3 Å². The van der Waals surface area contributed by atoms with Crippen molar-refractivity contribution in [3.8, 4) is 5.75 Å². The van der Waals surface area contributed by atoms with Gasteiger partial charge in [-0.25, -0.2) is 5.10 Å². The van der Waals surface area contributed by atoms with Gasteiger partial charge in [0.2, 0.25) is 0 Å². The third kappa shape index (κ3) is 3.41. The van der Waals surface area contributed by atoms with Crippen LogP contribution in [0.4, 0.5) is 5.69 Å². The first-order valence-corrected chi connectivity index (χ1v) is 8.64. The summed E-state index contributed by atoms with van der Waals surface area (Å²) < 4.78 is 5.27. The molecule has 24 heavy (non-hydrogen) atoms. The molecule has 1 saturated carbocycles.